The van der Waals surface area contributed by atoms with Crippen LogP contribution < -0.4 is 10.1 Å². The Bertz CT molecular complexity index is 383. The fourth-order valence-corrected chi connectivity index (χ4v) is 1.70. The molecule has 2 rings (SSSR count). The van der Waals surface area contributed by atoms with Gasteiger partial charge in [0.1, 0.15) is 11.7 Å². The first-order valence-corrected chi connectivity index (χ1v) is 5.20. The highest BCUT2D eigenvalue weighted by Crippen LogP contribution is 2.20. The van der Waals surface area contributed by atoms with Gasteiger partial charge in [-0.3, -0.25) is 0 Å². The Morgan fingerprint density at radius 2 is 2.50 bits per heavy atom. The quantitative estimate of drug-likeness (QED) is 0.730. The smallest absolute Gasteiger partial charge is 0.345 e. The predicted molar refractivity (Wildman–Crippen MR) is 56.5 cm³/mol. The van der Waals surface area contributed by atoms with Gasteiger partial charge in [-0.15, -0.1) is 0 Å². The van der Waals surface area contributed by atoms with Gasteiger partial charge in [-0.2, -0.15) is 5.10 Å². The van der Waals surface area contributed by atoms with Crippen LogP contribution in [0.5, 0.6) is 5.88 Å². The normalized spacial score (nSPS) is 19.8. The van der Waals surface area contributed by atoms with Crippen molar-refractivity contribution >= 4 is 5.97 Å². The maximum absolute atomic E-state index is 11.5. The first-order valence-electron chi connectivity index (χ1n) is 5.20. The second-order valence-electron chi connectivity index (χ2n) is 3.71. The first-order chi connectivity index (χ1) is 7.72. The summed E-state index contributed by atoms with van der Waals surface area (Å²) in [5.41, 5.74) is 0.372. The van der Waals surface area contributed by atoms with Crippen molar-refractivity contribution in [2.45, 2.75) is 12.5 Å². The van der Waals surface area contributed by atoms with E-state index < -0.39 is 5.97 Å². The monoisotopic (exact) mass is 225 g/mol. The highest BCUT2D eigenvalue weighted by molar-refractivity contribution is 5.91. The number of nitrogens with one attached hydrogen (secondary N) is 1. The lowest BCUT2D eigenvalue weighted by molar-refractivity contribution is 0.0592. The Hall–Kier alpha value is -1.56. The summed E-state index contributed by atoms with van der Waals surface area (Å²) in [6.45, 7) is 1.74. The molecule has 1 N–H and O–H groups in total. The van der Waals surface area contributed by atoms with Gasteiger partial charge in [-0.1, -0.05) is 0 Å². The first kappa shape index (κ1) is 10.9. The molecule has 88 valence electrons. The lowest BCUT2D eigenvalue weighted by Gasteiger charge is -2.13. The molecule has 1 atom stereocenters. The molecule has 16 heavy (non-hydrogen) atoms. The third kappa shape index (κ3) is 2.01. The zero-order valence-electron chi connectivity index (χ0n) is 9.40. The van der Waals surface area contributed by atoms with Gasteiger partial charge < -0.3 is 14.8 Å². The lowest BCUT2D eigenvalue weighted by atomic mass is 10.3. The van der Waals surface area contributed by atoms with Crippen LogP contribution in [0.4, 0.5) is 0 Å². The molecule has 1 aliphatic heterocycles. The molecule has 1 aromatic heterocycles. The van der Waals surface area contributed by atoms with Gasteiger partial charge in [0.25, 0.3) is 0 Å². The van der Waals surface area contributed by atoms with Crippen LogP contribution in [0.15, 0.2) is 6.20 Å². The summed E-state index contributed by atoms with van der Waals surface area (Å²) in [5, 5.41) is 7.19. The third-order valence-corrected chi connectivity index (χ3v) is 2.58. The maximum Gasteiger partial charge on any atom is 0.345 e. The van der Waals surface area contributed by atoms with Gasteiger partial charge in [-0.25, -0.2) is 9.48 Å². The summed E-state index contributed by atoms with van der Waals surface area (Å²) in [6.07, 6.45) is 2.49. The standard InChI is InChI=1S/C10H15N3O3/c1-13-9(16-7-3-4-11-5-7)8(6-12-13)10(14)15-2/h6-7,11H,3-5H2,1-2H3. The van der Waals surface area contributed by atoms with E-state index in [2.05, 4.69) is 15.2 Å². The van der Waals surface area contributed by atoms with Crippen molar-refractivity contribution in [3.63, 3.8) is 0 Å². The number of hydrogen-bond donors (Lipinski definition) is 1. The number of methoxy groups -OCH3 is 1. The van der Waals surface area contributed by atoms with E-state index in [4.69, 9.17) is 4.74 Å². The molecular formula is C10H15N3O3. The van der Waals surface area contributed by atoms with E-state index in [0.717, 1.165) is 19.5 Å². The maximum atomic E-state index is 11.5. The number of rotatable bonds is 3. The van der Waals surface area contributed by atoms with Gasteiger partial charge >= 0.3 is 5.97 Å². The Kier molecular flexibility index (Phi) is 3.09. The second-order valence-corrected chi connectivity index (χ2v) is 3.71. The van der Waals surface area contributed by atoms with Gasteiger partial charge in [0, 0.05) is 13.6 Å². The summed E-state index contributed by atoms with van der Waals surface area (Å²) in [5.74, 6) is 0.0506. The molecule has 1 unspecified atom stereocenters. The Labute approximate surface area is 93.5 Å². The van der Waals surface area contributed by atoms with Gasteiger partial charge in [0.15, 0.2) is 0 Å². The molecule has 6 nitrogen and oxygen atoms in total. The van der Waals surface area contributed by atoms with E-state index >= 15 is 0 Å². The Morgan fingerprint density at radius 1 is 1.69 bits per heavy atom. The highest BCUT2D eigenvalue weighted by Gasteiger charge is 2.23. The van der Waals surface area contributed by atoms with E-state index in [-0.39, 0.29) is 6.10 Å². The van der Waals surface area contributed by atoms with Crippen LogP contribution >= 0.6 is 0 Å². The van der Waals surface area contributed by atoms with E-state index in [1.807, 2.05) is 0 Å². The van der Waals surface area contributed by atoms with E-state index in [1.165, 1.54) is 13.3 Å². The van der Waals surface area contributed by atoms with Crippen molar-refractivity contribution in [2.75, 3.05) is 20.2 Å². The lowest BCUT2D eigenvalue weighted by Crippen LogP contribution is -2.22. The number of hydrogen-bond acceptors (Lipinski definition) is 5. The fourth-order valence-electron chi connectivity index (χ4n) is 1.70. The topological polar surface area (TPSA) is 65.4 Å². The SMILES string of the molecule is COC(=O)c1cnn(C)c1OC1CCNC1. The summed E-state index contributed by atoms with van der Waals surface area (Å²) in [7, 11) is 3.08. The number of nitrogens with zero attached hydrogens (tertiary/aromatic N) is 2. The molecule has 1 aromatic rings. The van der Waals surface area contributed by atoms with E-state index in [1.54, 1.807) is 11.7 Å². The molecule has 0 amide bonds. The van der Waals surface area contributed by atoms with Crippen molar-refractivity contribution < 1.29 is 14.3 Å². The molecule has 0 saturated carbocycles. The summed E-state index contributed by atoms with van der Waals surface area (Å²) in [4.78, 5) is 11.5. The predicted octanol–water partition coefficient (Wildman–Crippen LogP) is -0.0526. The van der Waals surface area contributed by atoms with Crippen molar-refractivity contribution in [2.24, 2.45) is 7.05 Å². The molecule has 1 fully saturated rings. The average molecular weight is 225 g/mol. The summed E-state index contributed by atoms with van der Waals surface area (Å²) < 4.78 is 12.0. The number of carbonyl (C=O) groups is 1. The van der Waals surface area contributed by atoms with Gasteiger partial charge in [0.05, 0.1) is 13.3 Å². The Balaban J connectivity index is 2.17. The van der Waals surface area contributed by atoms with Crippen LogP contribution in [0.2, 0.25) is 0 Å². The molecule has 1 aliphatic rings. The number of aryl methyl sites for hydroxylation is 1. The van der Waals surface area contributed by atoms with Crippen LogP contribution in [0.1, 0.15) is 16.8 Å². The van der Waals surface area contributed by atoms with Crippen LogP contribution in [-0.4, -0.2) is 42.1 Å². The zero-order chi connectivity index (χ0) is 11.5. The van der Waals surface area contributed by atoms with Gasteiger partial charge in [-0.05, 0) is 13.0 Å². The van der Waals surface area contributed by atoms with Crippen LogP contribution in [-0.2, 0) is 11.8 Å². The molecule has 0 spiro atoms. The zero-order valence-corrected chi connectivity index (χ0v) is 9.40. The van der Waals surface area contributed by atoms with Crippen LogP contribution in [0.3, 0.4) is 0 Å². The summed E-state index contributed by atoms with van der Waals surface area (Å²) in [6, 6.07) is 0. The molecule has 0 bridgehead atoms. The number of aromatic nitrogens is 2. The van der Waals surface area contributed by atoms with E-state index in [9.17, 15) is 4.79 Å². The highest BCUT2D eigenvalue weighted by atomic mass is 16.5. The van der Waals surface area contributed by atoms with Gasteiger partial charge in [0.2, 0.25) is 5.88 Å². The van der Waals surface area contributed by atoms with Crippen molar-refractivity contribution in [1.29, 1.82) is 0 Å². The Morgan fingerprint density at radius 3 is 3.12 bits per heavy atom. The van der Waals surface area contributed by atoms with Crippen molar-refractivity contribution in [3.8, 4) is 5.88 Å². The molecule has 0 aliphatic carbocycles. The van der Waals surface area contributed by atoms with E-state index in [0.29, 0.717) is 11.4 Å². The number of ether oxygens (including phenoxy) is 2. The largest absolute Gasteiger partial charge is 0.473 e. The molecule has 6 heteroatoms. The molecule has 0 aromatic carbocycles. The minimum atomic E-state index is -0.422. The summed E-state index contributed by atoms with van der Waals surface area (Å²) >= 11 is 0. The average Bonchev–Trinajstić information content (AvgIpc) is 2.90. The van der Waals surface area contributed by atoms with Crippen LogP contribution in [0, 0.1) is 0 Å². The fraction of sp³-hybridized carbons (Fsp3) is 0.600. The van der Waals surface area contributed by atoms with Crippen molar-refractivity contribution in [1.82, 2.24) is 15.1 Å². The molecule has 0 radical (unpaired) electrons. The minimum Gasteiger partial charge on any atom is -0.473 e. The number of carbonyl (C=O) groups excluding carboxylic acids is 1. The molecular weight excluding hydrogens is 210 g/mol. The number of esters is 1. The second kappa shape index (κ2) is 4.52. The minimum absolute atomic E-state index is 0.0961. The molecule has 2 heterocycles. The van der Waals surface area contributed by atoms with Crippen molar-refractivity contribution in [3.05, 3.63) is 11.8 Å². The third-order valence-electron chi connectivity index (χ3n) is 2.58. The molecule has 1 saturated heterocycles. The van der Waals surface area contributed by atoms with Crippen LogP contribution in [0.25, 0.3) is 0 Å².